The lowest BCUT2D eigenvalue weighted by atomic mass is 10.2. The zero-order chi connectivity index (χ0) is 74.4. The minimum absolute atomic E-state index is 0.0392. The van der Waals surface area contributed by atoms with Crippen LogP contribution in [0.3, 0.4) is 0 Å². The van der Waals surface area contributed by atoms with Gasteiger partial charge in [0.1, 0.15) is 18.4 Å². The van der Waals surface area contributed by atoms with Crippen molar-refractivity contribution < 1.29 is 72.5 Å². The number of carboxylic acids is 1. The van der Waals surface area contributed by atoms with Crippen LogP contribution in [0, 0.1) is 118 Å². The Bertz CT molecular complexity index is 4280. The molecule has 8 rings (SSSR count). The lowest BCUT2D eigenvalue weighted by molar-refractivity contribution is 0.0591. The van der Waals surface area contributed by atoms with Gasteiger partial charge in [0, 0.05) is 67.4 Å². The van der Waals surface area contributed by atoms with E-state index in [1.54, 1.807) is 60.4 Å². The third-order valence-electron chi connectivity index (χ3n) is 9.88. The lowest BCUT2D eigenvalue weighted by Crippen LogP contribution is -2.05. The van der Waals surface area contributed by atoms with E-state index in [1.165, 1.54) is 111 Å². The molecule has 4 N–H and O–H groups in total. The zero-order valence-corrected chi connectivity index (χ0v) is 59.6. The molecule has 508 valence electrons. The largest absolute Gasteiger partial charge is 0.506 e. The fourth-order valence-corrected chi connectivity index (χ4v) is 5.99. The number of hydrogen-bond acceptors (Lipinski definition) is 22. The van der Waals surface area contributed by atoms with Crippen LogP contribution < -0.4 is 14.2 Å². The highest BCUT2D eigenvalue weighted by molar-refractivity contribution is 8.33. The first-order valence-electron chi connectivity index (χ1n) is 26.5. The molecule has 2 atom stereocenters. The first-order valence-corrected chi connectivity index (χ1v) is 31.9. The summed E-state index contributed by atoms with van der Waals surface area (Å²) in [4.78, 5) is 88.9. The van der Waals surface area contributed by atoms with Gasteiger partial charge < -0.3 is 53.5 Å². The average Bonchev–Trinajstić information content (AvgIpc) is 1.51. The van der Waals surface area contributed by atoms with Gasteiger partial charge in [-0.3, -0.25) is 14.1 Å². The van der Waals surface area contributed by atoms with Crippen molar-refractivity contribution in [1.29, 1.82) is 0 Å². The number of carboxylic acid groups (broad SMARTS) is 1. The van der Waals surface area contributed by atoms with Crippen molar-refractivity contribution in [3.63, 3.8) is 0 Å². The zero-order valence-electron chi connectivity index (χ0n) is 54.7. The maximum atomic E-state index is 11.4. The van der Waals surface area contributed by atoms with E-state index in [2.05, 4.69) is 153 Å². The number of hydrogen-bond donors (Lipinski definition) is 4. The number of ether oxygens (including phenoxy) is 7. The molecule has 0 saturated heterocycles. The molecule has 8 aromatic heterocycles. The number of carbonyl (C=O) groups excluding carboxylic acids is 4. The van der Waals surface area contributed by atoms with Gasteiger partial charge in [-0.15, -0.1) is 43.6 Å². The Kier molecular flexibility index (Phi) is 48.1. The number of carbonyl (C=O) groups is 5. The first-order chi connectivity index (χ1) is 46.9. The number of terminal acetylenes is 4. The second kappa shape index (κ2) is 53.4. The van der Waals surface area contributed by atoms with Gasteiger partial charge in [0.05, 0.1) is 101 Å². The summed E-state index contributed by atoms with van der Waals surface area (Å²) in [5, 5.41) is 27.0. The smallest absolute Gasteiger partial charge is 0.339 e. The number of aryl methyl sites for hydroxylation is 3. The molecule has 31 heteroatoms. The van der Waals surface area contributed by atoms with Gasteiger partial charge in [-0.2, -0.15) is 0 Å². The summed E-state index contributed by atoms with van der Waals surface area (Å²) in [6.45, 7) is 9.12. The number of aromatic hydroxyl groups is 2. The maximum Gasteiger partial charge on any atom is 0.339 e. The average molecular weight is 1430 g/mol. The van der Waals surface area contributed by atoms with Gasteiger partial charge >= 0.3 is 29.8 Å². The SMILES string of the molecule is C#CC#CC.C#CC#CC#C.C#CC#CC#CC.COC(=O)c1cnc(-n2cnc(C)c2)c(OC)c1.COC(=O)c1cnc(Cl)c(O)c1.COC(=O)c1cnc(Cl)c(OC)c1.COC(=O)c1cncc(O)c1.COc1cc(C(=O)O)cnc1-n1cnc(C)c1.Cc1cnc[nH]1.PPP. The molecule has 26 nitrogen and oxygen atoms in total. The number of aromatic nitrogens is 11. The molecule has 0 aliphatic rings. The van der Waals surface area contributed by atoms with E-state index in [0.717, 1.165) is 25.0 Å². The quantitative estimate of drug-likeness (QED) is 0.0325. The summed E-state index contributed by atoms with van der Waals surface area (Å²) >= 11 is 11.1. The van der Waals surface area contributed by atoms with E-state index in [0.29, 0.717) is 40.0 Å². The molecule has 8 aromatic rings. The molecule has 0 amide bonds. The molecule has 0 aliphatic heterocycles. The van der Waals surface area contributed by atoms with Crippen LogP contribution >= 0.6 is 49.0 Å². The van der Waals surface area contributed by atoms with Gasteiger partial charge in [0.25, 0.3) is 0 Å². The number of methoxy groups -OCH3 is 7. The molecule has 0 saturated carbocycles. The molecule has 0 fully saturated rings. The number of nitrogens with zero attached hydrogens (tertiary/aromatic N) is 10. The van der Waals surface area contributed by atoms with E-state index in [1.807, 2.05) is 27.0 Å². The summed E-state index contributed by atoms with van der Waals surface area (Å²) < 4.78 is 36.6. The van der Waals surface area contributed by atoms with Crippen molar-refractivity contribution in [2.45, 2.75) is 34.6 Å². The van der Waals surface area contributed by atoms with Crippen molar-refractivity contribution in [1.82, 2.24) is 54.0 Å². The second-order valence-electron chi connectivity index (χ2n) is 16.5. The molecule has 0 aliphatic carbocycles. The highest BCUT2D eigenvalue weighted by atomic mass is 35.5. The third kappa shape index (κ3) is 36.5. The van der Waals surface area contributed by atoms with Crippen LogP contribution in [0.1, 0.15) is 82.7 Å². The molecular weight excluding hydrogens is 1360 g/mol. The number of aromatic amines is 1. The van der Waals surface area contributed by atoms with E-state index in [-0.39, 0.29) is 38.5 Å². The van der Waals surface area contributed by atoms with Crippen LogP contribution in [0.5, 0.6) is 28.7 Å². The minimum Gasteiger partial charge on any atom is -0.506 e. The number of aromatic carboxylic acids is 1. The topological polar surface area (TPSA) is 339 Å². The number of pyridine rings is 5. The standard InChI is InChI=1S/C12H13N3O3.C11H11N3O3.C8H8ClNO3.C7H6ClNO3.C7H7NO3.C7H4.C6H2.C5H4.C4H6N2.H5P3/c1-8-6-15(7-14-8)11-10(17-2)4-9(5-13-11)12(16)18-3;1-7-5-14(6-13-7)10-9(17-2)3-8(4-12-10)11(15)16;1-12-6-3-5(8(11)13-2)4-10-7(6)9;1-12-7(11)4-2-5(10)6(8)9-3-4;1-11-7(10)5-2-6(9)4-8-3-5;1-3-5-7-6-4-2;1-3-5-6-4-2;1-3-5-4-2;1-4-2-5-3-6-4;1-3-2/h4-7H,1-3H3;3-6H,1-2H3,(H,15,16);3-4H,1-2H3;2-3,10H,1H3;2-4,9H,1H3;1H,2H3;1-2H;1H,2H3;2-3H,1H3,(H,5,6);3H,1-2H2. The highest BCUT2D eigenvalue weighted by Gasteiger charge is 2.15. The van der Waals surface area contributed by atoms with Crippen LogP contribution in [0.4, 0.5) is 0 Å². The lowest BCUT2D eigenvalue weighted by Gasteiger charge is -2.09. The number of nitrogens with one attached hydrogen (secondary N) is 1. The van der Waals surface area contributed by atoms with Crippen LogP contribution in [0.25, 0.3) is 11.6 Å². The fraction of sp³-hybridized carbons (Fsp3) is 0.179. The van der Waals surface area contributed by atoms with E-state index in [9.17, 15) is 24.0 Å². The summed E-state index contributed by atoms with van der Waals surface area (Å²) in [6, 6.07) is 6.98. The van der Waals surface area contributed by atoms with Gasteiger partial charge in [0.15, 0.2) is 44.9 Å². The van der Waals surface area contributed by atoms with Crippen LogP contribution in [-0.4, -0.2) is 149 Å². The van der Waals surface area contributed by atoms with Crippen molar-refractivity contribution in [2.24, 2.45) is 0 Å². The minimum atomic E-state index is -1.04. The van der Waals surface area contributed by atoms with Gasteiger partial charge in [-0.1, -0.05) is 43.0 Å². The Morgan fingerprint density at radius 1 is 0.500 bits per heavy atom. The van der Waals surface area contributed by atoms with Crippen molar-refractivity contribution in [2.75, 3.05) is 49.8 Å². The van der Waals surface area contributed by atoms with Crippen molar-refractivity contribution in [3.8, 4) is 137 Å². The van der Waals surface area contributed by atoms with Crippen LogP contribution in [0.2, 0.25) is 10.3 Å². The predicted octanol–water partition coefficient (Wildman–Crippen LogP) is 9.49. The molecule has 0 bridgehead atoms. The Morgan fingerprint density at radius 2 is 0.888 bits per heavy atom. The van der Waals surface area contributed by atoms with E-state index < -0.39 is 29.8 Å². The Hall–Kier alpha value is -11.9. The summed E-state index contributed by atoms with van der Waals surface area (Å²) in [5.74, 6) is 26.7. The van der Waals surface area contributed by atoms with Crippen molar-refractivity contribution in [3.05, 3.63) is 160 Å². The molecule has 0 aromatic carbocycles. The van der Waals surface area contributed by atoms with Gasteiger partial charge in [-0.05, 0) is 112 Å². The normalized spacial score (nSPS) is 8.41. The first kappa shape index (κ1) is 88.1. The maximum absolute atomic E-state index is 11.4. The van der Waals surface area contributed by atoms with Crippen molar-refractivity contribution >= 4 is 78.9 Å². The number of H-pyrrole nitrogens is 1. The Morgan fingerprint density at radius 3 is 1.21 bits per heavy atom. The summed E-state index contributed by atoms with van der Waals surface area (Å²) in [7, 11) is 15.6. The summed E-state index contributed by atoms with van der Waals surface area (Å²) in [5.41, 5.74) is 3.97. The fourth-order valence-electron chi connectivity index (χ4n) is 5.71. The monoisotopic (exact) mass is 1430 g/mol. The molecule has 8 heterocycles. The van der Waals surface area contributed by atoms with Gasteiger partial charge in [0.2, 0.25) is 0 Å². The number of rotatable bonds is 10. The summed E-state index contributed by atoms with van der Waals surface area (Å²) in [6.07, 6.45) is 37.0. The van der Waals surface area contributed by atoms with E-state index >= 15 is 0 Å². The van der Waals surface area contributed by atoms with Gasteiger partial charge in [-0.25, -0.2) is 58.9 Å². The number of imidazole rings is 3. The second-order valence-corrected chi connectivity index (χ2v) is 21.6. The molecular formula is C67H66Cl2N11O15P3. The molecule has 0 radical (unpaired) electrons. The van der Waals surface area contributed by atoms with Crippen LogP contribution in [0.15, 0.2) is 105 Å². The highest BCUT2D eigenvalue weighted by Crippen LogP contribution is 2.28. The predicted molar refractivity (Wildman–Crippen MR) is 379 cm³/mol. The molecule has 98 heavy (non-hydrogen) atoms. The molecule has 2 unspecified atom stereocenters. The Labute approximate surface area is 584 Å². The number of esters is 4. The third-order valence-corrected chi connectivity index (χ3v) is 10.5. The number of halogens is 2. The molecule has 0 spiro atoms. The Balaban J connectivity index is 0. The van der Waals surface area contributed by atoms with E-state index in [4.69, 9.17) is 78.4 Å². The van der Waals surface area contributed by atoms with Crippen LogP contribution in [-0.2, 0) is 18.9 Å².